The molecule has 1 heterocycles. The molecule has 0 aromatic carbocycles. The predicted molar refractivity (Wildman–Crippen MR) is 66.1 cm³/mol. The highest BCUT2D eigenvalue weighted by Crippen LogP contribution is 2.28. The third-order valence-corrected chi connectivity index (χ3v) is 3.68. The third-order valence-electron chi connectivity index (χ3n) is 3.68. The van der Waals surface area contributed by atoms with Crippen molar-refractivity contribution in [1.82, 2.24) is 9.78 Å². The molecule has 1 aromatic rings. The average molecular weight is 221 g/mol. The Kier molecular flexibility index (Phi) is 3.99. The van der Waals surface area contributed by atoms with E-state index in [4.69, 9.17) is 5.73 Å². The van der Waals surface area contributed by atoms with Gasteiger partial charge in [0.15, 0.2) is 0 Å². The quantitative estimate of drug-likeness (QED) is 0.829. The summed E-state index contributed by atoms with van der Waals surface area (Å²) in [6.45, 7) is 0. The molecule has 1 aliphatic rings. The molecule has 1 aliphatic carbocycles. The summed E-state index contributed by atoms with van der Waals surface area (Å²) in [5.41, 5.74) is 7.42. The third kappa shape index (κ3) is 3.34. The van der Waals surface area contributed by atoms with Gasteiger partial charge in [-0.3, -0.25) is 4.68 Å². The Hall–Kier alpha value is -0.830. The molecule has 0 amide bonds. The lowest BCUT2D eigenvalue weighted by Gasteiger charge is -2.13. The van der Waals surface area contributed by atoms with Crippen molar-refractivity contribution in [3.8, 4) is 0 Å². The Morgan fingerprint density at radius 2 is 2.25 bits per heavy atom. The molecule has 0 spiro atoms. The van der Waals surface area contributed by atoms with Gasteiger partial charge in [0.25, 0.3) is 0 Å². The molecule has 3 nitrogen and oxygen atoms in total. The molecule has 1 unspecified atom stereocenters. The summed E-state index contributed by atoms with van der Waals surface area (Å²) in [6, 6.07) is 0.310. The largest absolute Gasteiger partial charge is 0.327 e. The maximum absolute atomic E-state index is 6.16. The van der Waals surface area contributed by atoms with Gasteiger partial charge in [-0.05, 0) is 30.7 Å². The summed E-state index contributed by atoms with van der Waals surface area (Å²) < 4.78 is 1.85. The average Bonchev–Trinajstić information content (AvgIpc) is 2.87. The van der Waals surface area contributed by atoms with Crippen molar-refractivity contribution in [3.05, 3.63) is 18.0 Å². The fraction of sp³-hybridized carbons (Fsp3) is 0.769. The monoisotopic (exact) mass is 221 g/mol. The fourth-order valence-electron chi connectivity index (χ4n) is 2.73. The van der Waals surface area contributed by atoms with Crippen LogP contribution in [0.2, 0.25) is 0 Å². The van der Waals surface area contributed by atoms with E-state index in [0.717, 1.165) is 12.3 Å². The van der Waals surface area contributed by atoms with Crippen molar-refractivity contribution in [3.63, 3.8) is 0 Å². The Labute approximate surface area is 98.0 Å². The summed E-state index contributed by atoms with van der Waals surface area (Å²) in [6.07, 6.45) is 13.2. The number of nitrogens with zero attached hydrogens (tertiary/aromatic N) is 2. The zero-order valence-corrected chi connectivity index (χ0v) is 10.2. The maximum atomic E-state index is 6.16. The minimum atomic E-state index is 0.310. The van der Waals surface area contributed by atoms with E-state index in [9.17, 15) is 0 Å². The van der Waals surface area contributed by atoms with E-state index in [1.807, 2.05) is 17.9 Å². The number of hydrogen-bond donors (Lipinski definition) is 1. The van der Waals surface area contributed by atoms with E-state index in [1.165, 1.54) is 44.1 Å². The minimum Gasteiger partial charge on any atom is -0.327 e. The van der Waals surface area contributed by atoms with E-state index in [2.05, 4.69) is 11.3 Å². The molecule has 1 aromatic heterocycles. The van der Waals surface area contributed by atoms with Gasteiger partial charge in [0.2, 0.25) is 0 Å². The number of aryl methyl sites for hydroxylation is 1. The van der Waals surface area contributed by atoms with Crippen LogP contribution >= 0.6 is 0 Å². The predicted octanol–water partition coefficient (Wildman–Crippen LogP) is 2.26. The standard InChI is InChI=1S/C13H23N3/c1-16-10-12(9-15-16)8-13(14)7-6-11-4-2-3-5-11/h9-11,13H,2-8,14H2,1H3. The molecule has 1 saturated carbocycles. The van der Waals surface area contributed by atoms with Crippen LogP contribution in [0.5, 0.6) is 0 Å². The first kappa shape index (κ1) is 11.6. The molecule has 16 heavy (non-hydrogen) atoms. The van der Waals surface area contributed by atoms with Gasteiger partial charge < -0.3 is 5.73 Å². The van der Waals surface area contributed by atoms with Crippen LogP contribution in [0.25, 0.3) is 0 Å². The van der Waals surface area contributed by atoms with Crippen LogP contribution in [0.15, 0.2) is 12.4 Å². The highest BCUT2D eigenvalue weighted by molar-refractivity contribution is 5.05. The van der Waals surface area contributed by atoms with Crippen LogP contribution in [0.4, 0.5) is 0 Å². The van der Waals surface area contributed by atoms with E-state index in [0.29, 0.717) is 6.04 Å². The molecule has 0 aliphatic heterocycles. The molecule has 2 rings (SSSR count). The summed E-state index contributed by atoms with van der Waals surface area (Å²) in [7, 11) is 1.95. The van der Waals surface area contributed by atoms with Gasteiger partial charge in [0.05, 0.1) is 6.20 Å². The lowest BCUT2D eigenvalue weighted by Crippen LogP contribution is -2.23. The fourth-order valence-corrected chi connectivity index (χ4v) is 2.73. The van der Waals surface area contributed by atoms with E-state index in [1.54, 1.807) is 0 Å². The first-order valence-corrected chi connectivity index (χ1v) is 6.47. The van der Waals surface area contributed by atoms with Gasteiger partial charge in [0.1, 0.15) is 0 Å². The summed E-state index contributed by atoms with van der Waals surface area (Å²) in [5.74, 6) is 0.958. The Balaban J connectivity index is 1.69. The van der Waals surface area contributed by atoms with Crippen LogP contribution in [-0.4, -0.2) is 15.8 Å². The molecule has 3 heteroatoms. The number of nitrogens with two attached hydrogens (primary N) is 1. The van der Waals surface area contributed by atoms with Crippen LogP contribution < -0.4 is 5.73 Å². The zero-order valence-electron chi connectivity index (χ0n) is 10.2. The lowest BCUT2D eigenvalue weighted by molar-refractivity contribution is 0.447. The smallest absolute Gasteiger partial charge is 0.0522 e. The van der Waals surface area contributed by atoms with Crippen molar-refractivity contribution >= 4 is 0 Å². The molecular weight excluding hydrogens is 198 g/mol. The highest BCUT2D eigenvalue weighted by atomic mass is 15.2. The second kappa shape index (κ2) is 5.48. The van der Waals surface area contributed by atoms with Gasteiger partial charge in [-0.15, -0.1) is 0 Å². The summed E-state index contributed by atoms with van der Waals surface area (Å²) in [4.78, 5) is 0. The van der Waals surface area contributed by atoms with Crippen molar-refractivity contribution in [1.29, 1.82) is 0 Å². The molecule has 1 atom stereocenters. The van der Waals surface area contributed by atoms with Crippen molar-refractivity contribution in [2.45, 2.75) is 51.0 Å². The van der Waals surface area contributed by atoms with E-state index >= 15 is 0 Å². The van der Waals surface area contributed by atoms with Gasteiger partial charge in [0, 0.05) is 19.3 Å². The molecule has 2 N–H and O–H groups in total. The van der Waals surface area contributed by atoms with Crippen LogP contribution in [0.3, 0.4) is 0 Å². The molecule has 0 bridgehead atoms. The first-order chi connectivity index (χ1) is 7.74. The van der Waals surface area contributed by atoms with Crippen LogP contribution in [0, 0.1) is 5.92 Å². The maximum Gasteiger partial charge on any atom is 0.0522 e. The second-order valence-corrected chi connectivity index (χ2v) is 5.21. The number of rotatable bonds is 5. The summed E-state index contributed by atoms with van der Waals surface area (Å²) in [5, 5.41) is 4.17. The Bertz CT molecular complexity index is 313. The normalized spacial score (nSPS) is 19.1. The molecular formula is C13H23N3. The van der Waals surface area contributed by atoms with Crippen molar-refractivity contribution < 1.29 is 0 Å². The Morgan fingerprint density at radius 1 is 1.50 bits per heavy atom. The molecule has 1 fully saturated rings. The van der Waals surface area contributed by atoms with Gasteiger partial charge in [-0.2, -0.15) is 5.10 Å². The number of hydrogen-bond acceptors (Lipinski definition) is 2. The van der Waals surface area contributed by atoms with Crippen molar-refractivity contribution in [2.75, 3.05) is 0 Å². The van der Waals surface area contributed by atoms with Gasteiger partial charge in [-0.25, -0.2) is 0 Å². The van der Waals surface area contributed by atoms with E-state index in [-0.39, 0.29) is 0 Å². The van der Waals surface area contributed by atoms with E-state index < -0.39 is 0 Å². The zero-order chi connectivity index (χ0) is 11.4. The van der Waals surface area contributed by atoms with Crippen molar-refractivity contribution in [2.24, 2.45) is 18.7 Å². The molecule has 90 valence electrons. The molecule has 0 radical (unpaired) electrons. The SMILES string of the molecule is Cn1cc(CC(N)CCC2CCCC2)cn1. The van der Waals surface area contributed by atoms with Gasteiger partial charge >= 0.3 is 0 Å². The topological polar surface area (TPSA) is 43.8 Å². The Morgan fingerprint density at radius 3 is 2.88 bits per heavy atom. The number of aromatic nitrogens is 2. The molecule has 0 saturated heterocycles. The van der Waals surface area contributed by atoms with Crippen LogP contribution in [-0.2, 0) is 13.5 Å². The first-order valence-electron chi connectivity index (χ1n) is 6.47. The van der Waals surface area contributed by atoms with Gasteiger partial charge in [-0.1, -0.05) is 25.7 Å². The van der Waals surface area contributed by atoms with Crippen LogP contribution in [0.1, 0.15) is 44.1 Å². The second-order valence-electron chi connectivity index (χ2n) is 5.21. The lowest BCUT2D eigenvalue weighted by atomic mass is 9.96. The minimum absolute atomic E-state index is 0.310. The highest BCUT2D eigenvalue weighted by Gasteiger charge is 2.16. The summed E-state index contributed by atoms with van der Waals surface area (Å²) >= 11 is 0.